The third-order valence-corrected chi connectivity index (χ3v) is 2.96. The summed E-state index contributed by atoms with van der Waals surface area (Å²) in [6.45, 7) is 2.43. The molecule has 2 N–H and O–H groups in total. The van der Waals surface area contributed by atoms with Crippen LogP contribution in [0.1, 0.15) is 23.6 Å². The van der Waals surface area contributed by atoms with Gasteiger partial charge in [0.25, 0.3) is 0 Å². The number of nitriles is 1. The van der Waals surface area contributed by atoms with Gasteiger partial charge in [0.1, 0.15) is 12.4 Å². The molecule has 20 heavy (non-hydrogen) atoms. The van der Waals surface area contributed by atoms with E-state index in [0.717, 1.165) is 23.3 Å². The van der Waals surface area contributed by atoms with Gasteiger partial charge in [-0.2, -0.15) is 5.26 Å². The Bertz CT molecular complexity index is 614. The van der Waals surface area contributed by atoms with Crippen molar-refractivity contribution < 1.29 is 4.74 Å². The highest BCUT2D eigenvalue weighted by Gasteiger charge is 2.06. The van der Waals surface area contributed by atoms with Crippen molar-refractivity contribution in [3.63, 3.8) is 0 Å². The average Bonchev–Trinajstić information content (AvgIpc) is 2.46. The van der Waals surface area contributed by atoms with Crippen LogP contribution in [-0.2, 0) is 13.0 Å². The standard InChI is InChI=1S/C17H18N2O/c1-13(19)9-16-7-2-3-8-17(16)20-12-15-6-4-5-14(10-15)11-18/h2-8,10,13H,9,12,19H2,1H3. The fraction of sp³-hybridized carbons (Fsp3) is 0.235. The second-order valence-electron chi connectivity index (χ2n) is 4.89. The SMILES string of the molecule is CC(N)Cc1ccccc1OCc1cccc(C#N)c1. The first-order valence-corrected chi connectivity index (χ1v) is 6.64. The second kappa shape index (κ2) is 6.74. The molecule has 3 heteroatoms. The first-order chi connectivity index (χ1) is 9.69. The van der Waals surface area contributed by atoms with E-state index >= 15 is 0 Å². The molecule has 0 heterocycles. The molecule has 2 rings (SSSR count). The van der Waals surface area contributed by atoms with Crippen LogP contribution in [-0.4, -0.2) is 6.04 Å². The molecule has 0 aliphatic carbocycles. The van der Waals surface area contributed by atoms with Gasteiger partial charge < -0.3 is 10.5 Å². The molecule has 102 valence electrons. The van der Waals surface area contributed by atoms with E-state index in [9.17, 15) is 0 Å². The molecule has 0 bridgehead atoms. The molecule has 0 amide bonds. The number of nitrogens with zero attached hydrogens (tertiary/aromatic N) is 1. The van der Waals surface area contributed by atoms with Gasteiger partial charge in [-0.1, -0.05) is 30.3 Å². The van der Waals surface area contributed by atoms with Crippen LogP contribution >= 0.6 is 0 Å². The lowest BCUT2D eigenvalue weighted by Gasteiger charge is -2.13. The van der Waals surface area contributed by atoms with E-state index in [2.05, 4.69) is 6.07 Å². The number of hydrogen-bond acceptors (Lipinski definition) is 3. The highest BCUT2D eigenvalue weighted by molar-refractivity contribution is 5.35. The largest absolute Gasteiger partial charge is 0.489 e. The van der Waals surface area contributed by atoms with Crippen molar-refractivity contribution in [1.29, 1.82) is 5.26 Å². The lowest BCUT2D eigenvalue weighted by molar-refractivity contribution is 0.302. The van der Waals surface area contributed by atoms with Crippen LogP contribution in [0, 0.1) is 11.3 Å². The normalized spacial score (nSPS) is 11.7. The van der Waals surface area contributed by atoms with Crippen molar-refractivity contribution in [2.45, 2.75) is 26.0 Å². The van der Waals surface area contributed by atoms with Gasteiger partial charge in [-0.15, -0.1) is 0 Å². The lowest BCUT2D eigenvalue weighted by Crippen LogP contribution is -2.18. The summed E-state index contributed by atoms with van der Waals surface area (Å²) in [5, 5.41) is 8.89. The Morgan fingerprint density at radius 3 is 2.75 bits per heavy atom. The van der Waals surface area contributed by atoms with E-state index in [4.69, 9.17) is 15.7 Å². The zero-order chi connectivity index (χ0) is 14.4. The maximum Gasteiger partial charge on any atom is 0.123 e. The monoisotopic (exact) mass is 266 g/mol. The molecule has 1 unspecified atom stereocenters. The fourth-order valence-electron chi connectivity index (χ4n) is 2.05. The van der Waals surface area contributed by atoms with E-state index < -0.39 is 0 Å². The van der Waals surface area contributed by atoms with Crippen LogP contribution in [0.15, 0.2) is 48.5 Å². The molecule has 0 radical (unpaired) electrons. The quantitative estimate of drug-likeness (QED) is 0.905. The van der Waals surface area contributed by atoms with Crippen LogP contribution in [0.4, 0.5) is 0 Å². The fourth-order valence-corrected chi connectivity index (χ4v) is 2.05. The van der Waals surface area contributed by atoms with Gasteiger partial charge in [0.05, 0.1) is 11.6 Å². The van der Waals surface area contributed by atoms with Crippen LogP contribution in [0.3, 0.4) is 0 Å². The Labute approximate surface area is 119 Å². The highest BCUT2D eigenvalue weighted by atomic mass is 16.5. The first-order valence-electron chi connectivity index (χ1n) is 6.64. The second-order valence-corrected chi connectivity index (χ2v) is 4.89. The third kappa shape index (κ3) is 3.84. The molecule has 0 fully saturated rings. The van der Waals surface area contributed by atoms with Crippen LogP contribution in [0.5, 0.6) is 5.75 Å². The summed E-state index contributed by atoms with van der Waals surface area (Å²) in [7, 11) is 0. The zero-order valence-electron chi connectivity index (χ0n) is 11.5. The zero-order valence-corrected chi connectivity index (χ0v) is 11.5. The Morgan fingerprint density at radius 1 is 1.20 bits per heavy atom. The van der Waals surface area contributed by atoms with Crippen molar-refractivity contribution in [2.75, 3.05) is 0 Å². The van der Waals surface area contributed by atoms with Crippen molar-refractivity contribution in [1.82, 2.24) is 0 Å². The number of benzene rings is 2. The summed E-state index contributed by atoms with van der Waals surface area (Å²) >= 11 is 0. The van der Waals surface area contributed by atoms with Gasteiger partial charge in [0.2, 0.25) is 0 Å². The predicted octanol–water partition coefficient (Wildman–Crippen LogP) is 3.03. The van der Waals surface area contributed by atoms with Gasteiger partial charge in [0.15, 0.2) is 0 Å². The molecule has 0 aromatic heterocycles. The molecular weight excluding hydrogens is 248 g/mol. The van der Waals surface area contributed by atoms with Crippen LogP contribution < -0.4 is 10.5 Å². The molecule has 0 saturated heterocycles. The summed E-state index contributed by atoms with van der Waals surface area (Å²) in [4.78, 5) is 0. The Morgan fingerprint density at radius 2 is 2.00 bits per heavy atom. The van der Waals surface area contributed by atoms with Crippen molar-refractivity contribution in [3.8, 4) is 11.8 Å². The number of hydrogen-bond donors (Lipinski definition) is 1. The van der Waals surface area contributed by atoms with Gasteiger partial charge in [-0.05, 0) is 42.7 Å². The molecule has 0 aliphatic rings. The third-order valence-electron chi connectivity index (χ3n) is 2.96. The minimum Gasteiger partial charge on any atom is -0.489 e. The minimum absolute atomic E-state index is 0.0988. The summed E-state index contributed by atoms with van der Waals surface area (Å²) in [5.41, 5.74) is 8.59. The average molecular weight is 266 g/mol. The molecule has 2 aromatic rings. The van der Waals surface area contributed by atoms with Crippen molar-refractivity contribution >= 4 is 0 Å². The van der Waals surface area contributed by atoms with Gasteiger partial charge in [-0.3, -0.25) is 0 Å². The summed E-state index contributed by atoms with van der Waals surface area (Å²) in [6, 6.07) is 17.6. The molecule has 0 aliphatic heterocycles. The van der Waals surface area contributed by atoms with Gasteiger partial charge in [0, 0.05) is 6.04 Å². The first kappa shape index (κ1) is 14.1. The van der Waals surface area contributed by atoms with E-state index in [0.29, 0.717) is 12.2 Å². The van der Waals surface area contributed by atoms with Gasteiger partial charge >= 0.3 is 0 Å². The maximum atomic E-state index is 8.89. The van der Waals surface area contributed by atoms with Crippen LogP contribution in [0.2, 0.25) is 0 Å². The summed E-state index contributed by atoms with van der Waals surface area (Å²) in [6.07, 6.45) is 0.786. The van der Waals surface area contributed by atoms with E-state index in [-0.39, 0.29) is 6.04 Å². The molecule has 3 nitrogen and oxygen atoms in total. The Balaban J connectivity index is 2.09. The molecule has 0 saturated carbocycles. The van der Waals surface area contributed by atoms with Crippen molar-refractivity contribution in [2.24, 2.45) is 5.73 Å². The van der Waals surface area contributed by atoms with Crippen molar-refractivity contribution in [3.05, 3.63) is 65.2 Å². The lowest BCUT2D eigenvalue weighted by atomic mass is 10.1. The smallest absolute Gasteiger partial charge is 0.123 e. The maximum absolute atomic E-state index is 8.89. The van der Waals surface area contributed by atoms with E-state index in [1.807, 2.05) is 49.4 Å². The van der Waals surface area contributed by atoms with E-state index in [1.165, 1.54) is 0 Å². The molecular formula is C17H18N2O. The summed E-state index contributed by atoms with van der Waals surface area (Å²) in [5.74, 6) is 0.854. The minimum atomic E-state index is 0.0988. The number of ether oxygens (including phenoxy) is 1. The van der Waals surface area contributed by atoms with Crippen LogP contribution in [0.25, 0.3) is 0 Å². The topological polar surface area (TPSA) is 59.0 Å². The Hall–Kier alpha value is -2.31. The van der Waals surface area contributed by atoms with Gasteiger partial charge in [-0.25, -0.2) is 0 Å². The number of nitrogens with two attached hydrogens (primary N) is 1. The summed E-state index contributed by atoms with van der Waals surface area (Å²) < 4.78 is 5.86. The van der Waals surface area contributed by atoms with E-state index in [1.54, 1.807) is 6.07 Å². The molecule has 0 spiro atoms. The number of para-hydroxylation sites is 1. The molecule has 2 aromatic carbocycles. The molecule has 1 atom stereocenters. The predicted molar refractivity (Wildman–Crippen MR) is 79.3 cm³/mol. The highest BCUT2D eigenvalue weighted by Crippen LogP contribution is 2.20. The Kier molecular flexibility index (Phi) is 4.75. The number of rotatable bonds is 5.